The molecule has 1 aliphatic carbocycles. The minimum Gasteiger partial charge on any atom is -0.472 e. The van der Waals surface area contributed by atoms with Gasteiger partial charge in [0.2, 0.25) is 5.88 Å². The van der Waals surface area contributed by atoms with Gasteiger partial charge in [0.1, 0.15) is 6.10 Å². The van der Waals surface area contributed by atoms with E-state index in [0.717, 1.165) is 23.7 Å². The number of rotatable bonds is 2. The molecule has 1 fully saturated rings. The van der Waals surface area contributed by atoms with Gasteiger partial charge < -0.3 is 10.5 Å². The fourth-order valence-electron chi connectivity index (χ4n) is 1.70. The third-order valence-corrected chi connectivity index (χ3v) is 3.09. The van der Waals surface area contributed by atoms with Crippen molar-refractivity contribution in [1.29, 1.82) is 0 Å². The second-order valence-electron chi connectivity index (χ2n) is 3.54. The van der Waals surface area contributed by atoms with Crippen molar-refractivity contribution in [3.8, 4) is 5.88 Å². The van der Waals surface area contributed by atoms with E-state index in [4.69, 9.17) is 10.5 Å². The number of nitrogens with zero attached hydrogens (tertiary/aromatic N) is 1. The van der Waals surface area contributed by atoms with E-state index >= 15 is 0 Å². The third kappa shape index (κ3) is 2.07. The summed E-state index contributed by atoms with van der Waals surface area (Å²) in [6, 6.07) is 3.94. The molecule has 2 atom stereocenters. The van der Waals surface area contributed by atoms with Gasteiger partial charge in [-0.3, -0.25) is 0 Å². The Morgan fingerprint density at radius 3 is 3.00 bits per heavy atom. The van der Waals surface area contributed by atoms with E-state index in [1.165, 1.54) is 0 Å². The van der Waals surface area contributed by atoms with E-state index < -0.39 is 0 Å². The highest BCUT2D eigenvalue weighted by Crippen LogP contribution is 2.27. The van der Waals surface area contributed by atoms with Crippen LogP contribution in [0, 0.1) is 0 Å². The zero-order valence-electron chi connectivity index (χ0n) is 7.82. The Kier molecular flexibility index (Phi) is 3.03. The third-order valence-electron chi connectivity index (χ3n) is 2.49. The standard InChI is InChI=1S/C10H13BrN2O/c11-7-3-2-6-13-10(7)14-9-5-1-4-8(9)12/h2-3,6,8-9H,1,4-5,12H2. The molecule has 0 radical (unpaired) electrons. The summed E-state index contributed by atoms with van der Waals surface area (Å²) >= 11 is 3.40. The minimum absolute atomic E-state index is 0.126. The molecule has 2 unspecified atom stereocenters. The van der Waals surface area contributed by atoms with Crippen LogP contribution in [0.3, 0.4) is 0 Å². The van der Waals surface area contributed by atoms with Crippen LogP contribution in [0.25, 0.3) is 0 Å². The zero-order valence-corrected chi connectivity index (χ0v) is 9.40. The van der Waals surface area contributed by atoms with Gasteiger partial charge in [-0.15, -0.1) is 0 Å². The van der Waals surface area contributed by atoms with E-state index in [-0.39, 0.29) is 12.1 Å². The lowest BCUT2D eigenvalue weighted by Crippen LogP contribution is -2.33. The number of nitrogens with two attached hydrogens (primary N) is 1. The van der Waals surface area contributed by atoms with Crippen molar-refractivity contribution >= 4 is 15.9 Å². The predicted molar refractivity (Wildman–Crippen MR) is 58.2 cm³/mol. The SMILES string of the molecule is NC1CCCC1Oc1ncccc1Br. The summed E-state index contributed by atoms with van der Waals surface area (Å²) in [5, 5.41) is 0. The fraction of sp³-hybridized carbons (Fsp3) is 0.500. The summed E-state index contributed by atoms with van der Waals surface area (Å²) in [6.45, 7) is 0. The molecular weight excluding hydrogens is 244 g/mol. The molecular formula is C10H13BrN2O. The fourth-order valence-corrected chi connectivity index (χ4v) is 2.05. The highest BCUT2D eigenvalue weighted by molar-refractivity contribution is 9.10. The molecule has 0 aliphatic heterocycles. The van der Waals surface area contributed by atoms with E-state index in [1.54, 1.807) is 6.20 Å². The molecule has 1 saturated carbocycles. The van der Waals surface area contributed by atoms with Gasteiger partial charge in [0, 0.05) is 12.2 Å². The molecule has 2 N–H and O–H groups in total. The Morgan fingerprint density at radius 2 is 2.36 bits per heavy atom. The maximum atomic E-state index is 5.91. The molecule has 0 aromatic carbocycles. The Morgan fingerprint density at radius 1 is 1.50 bits per heavy atom. The number of ether oxygens (including phenoxy) is 1. The number of hydrogen-bond acceptors (Lipinski definition) is 3. The molecule has 1 aromatic rings. The monoisotopic (exact) mass is 256 g/mol. The van der Waals surface area contributed by atoms with Crippen molar-refractivity contribution in [1.82, 2.24) is 4.98 Å². The molecule has 2 rings (SSSR count). The average molecular weight is 257 g/mol. The zero-order chi connectivity index (χ0) is 9.97. The van der Waals surface area contributed by atoms with Crippen molar-refractivity contribution in [2.75, 3.05) is 0 Å². The van der Waals surface area contributed by atoms with Crippen LogP contribution in [0.1, 0.15) is 19.3 Å². The van der Waals surface area contributed by atoms with Crippen LogP contribution < -0.4 is 10.5 Å². The van der Waals surface area contributed by atoms with Crippen molar-refractivity contribution in [2.24, 2.45) is 5.73 Å². The van der Waals surface area contributed by atoms with E-state index in [2.05, 4.69) is 20.9 Å². The van der Waals surface area contributed by atoms with Crippen LogP contribution in [0.15, 0.2) is 22.8 Å². The van der Waals surface area contributed by atoms with Crippen molar-refractivity contribution in [3.63, 3.8) is 0 Å². The van der Waals surface area contributed by atoms with Crippen LogP contribution in [-0.4, -0.2) is 17.1 Å². The van der Waals surface area contributed by atoms with Crippen LogP contribution >= 0.6 is 15.9 Å². The van der Waals surface area contributed by atoms with E-state index in [9.17, 15) is 0 Å². The first-order valence-electron chi connectivity index (χ1n) is 4.80. The first-order valence-corrected chi connectivity index (χ1v) is 5.59. The van der Waals surface area contributed by atoms with Crippen molar-refractivity contribution < 1.29 is 4.74 Å². The Labute approximate surface area is 91.8 Å². The van der Waals surface area contributed by atoms with Crippen LogP contribution in [0.2, 0.25) is 0 Å². The molecule has 0 saturated heterocycles. The average Bonchev–Trinajstić information content (AvgIpc) is 2.56. The molecule has 0 bridgehead atoms. The summed E-state index contributed by atoms with van der Waals surface area (Å²) in [7, 11) is 0. The van der Waals surface area contributed by atoms with Gasteiger partial charge in [-0.25, -0.2) is 4.98 Å². The number of hydrogen-bond donors (Lipinski definition) is 1. The Bertz CT molecular complexity index is 319. The maximum Gasteiger partial charge on any atom is 0.228 e. The summed E-state index contributed by atoms with van der Waals surface area (Å²) in [6.07, 6.45) is 5.08. The summed E-state index contributed by atoms with van der Waals surface area (Å²) in [5.74, 6) is 0.648. The minimum atomic E-state index is 0.126. The van der Waals surface area contributed by atoms with E-state index in [0.29, 0.717) is 5.88 Å². The highest BCUT2D eigenvalue weighted by atomic mass is 79.9. The molecule has 1 aromatic heterocycles. The quantitative estimate of drug-likeness (QED) is 0.882. The molecule has 76 valence electrons. The van der Waals surface area contributed by atoms with Gasteiger partial charge in [-0.05, 0) is 47.3 Å². The van der Waals surface area contributed by atoms with Crippen LogP contribution in [0.5, 0.6) is 5.88 Å². The van der Waals surface area contributed by atoms with Crippen LogP contribution in [-0.2, 0) is 0 Å². The molecule has 4 heteroatoms. The predicted octanol–water partition coefficient (Wildman–Crippen LogP) is 2.10. The number of pyridine rings is 1. The molecule has 14 heavy (non-hydrogen) atoms. The lowest BCUT2D eigenvalue weighted by atomic mass is 10.2. The lowest BCUT2D eigenvalue weighted by Gasteiger charge is -2.17. The Balaban J connectivity index is 2.07. The van der Waals surface area contributed by atoms with E-state index in [1.807, 2.05) is 12.1 Å². The van der Waals surface area contributed by atoms with Gasteiger partial charge >= 0.3 is 0 Å². The first-order chi connectivity index (χ1) is 6.77. The van der Waals surface area contributed by atoms with Gasteiger partial charge in [-0.1, -0.05) is 0 Å². The molecule has 1 heterocycles. The molecule has 0 spiro atoms. The number of aromatic nitrogens is 1. The summed E-state index contributed by atoms with van der Waals surface area (Å²) < 4.78 is 6.62. The normalized spacial score (nSPS) is 26.4. The first kappa shape index (κ1) is 9.93. The van der Waals surface area contributed by atoms with Gasteiger partial charge in [0.25, 0.3) is 0 Å². The molecule has 1 aliphatic rings. The second-order valence-corrected chi connectivity index (χ2v) is 4.40. The molecule has 0 amide bonds. The van der Waals surface area contributed by atoms with Gasteiger partial charge in [-0.2, -0.15) is 0 Å². The van der Waals surface area contributed by atoms with Gasteiger partial charge in [0.05, 0.1) is 4.47 Å². The maximum absolute atomic E-state index is 5.91. The lowest BCUT2D eigenvalue weighted by molar-refractivity contribution is 0.182. The van der Waals surface area contributed by atoms with Crippen LogP contribution in [0.4, 0.5) is 0 Å². The van der Waals surface area contributed by atoms with Crippen molar-refractivity contribution in [2.45, 2.75) is 31.4 Å². The largest absolute Gasteiger partial charge is 0.472 e. The smallest absolute Gasteiger partial charge is 0.228 e. The summed E-state index contributed by atoms with van der Waals surface area (Å²) in [4.78, 5) is 4.15. The second kappa shape index (κ2) is 4.28. The summed E-state index contributed by atoms with van der Waals surface area (Å²) in [5.41, 5.74) is 5.91. The topological polar surface area (TPSA) is 48.1 Å². The number of halogens is 1. The van der Waals surface area contributed by atoms with Gasteiger partial charge in [0.15, 0.2) is 0 Å². The molecule has 3 nitrogen and oxygen atoms in total. The highest BCUT2D eigenvalue weighted by Gasteiger charge is 2.26. The Hall–Kier alpha value is -0.610. The van der Waals surface area contributed by atoms with Crippen molar-refractivity contribution in [3.05, 3.63) is 22.8 Å².